The summed E-state index contributed by atoms with van der Waals surface area (Å²) in [7, 11) is 0. The van der Waals surface area contributed by atoms with E-state index in [1.54, 1.807) is 59.6 Å². The highest BCUT2D eigenvalue weighted by Gasteiger charge is 2.12. The van der Waals surface area contributed by atoms with Crippen molar-refractivity contribution in [1.29, 1.82) is 0 Å². The average molecular weight is 408 g/mol. The van der Waals surface area contributed by atoms with E-state index >= 15 is 0 Å². The van der Waals surface area contributed by atoms with Gasteiger partial charge in [-0.2, -0.15) is 0 Å². The van der Waals surface area contributed by atoms with Crippen LogP contribution < -0.4 is 20.1 Å². The Morgan fingerprint density at radius 2 is 1.73 bits per heavy atom. The zero-order valence-corrected chi connectivity index (χ0v) is 17.1. The quantitative estimate of drug-likeness (QED) is 0.590. The molecule has 2 amide bonds. The number of amides is 2. The molecule has 0 atom stereocenters. The minimum atomic E-state index is -0.263. The molecule has 8 heteroatoms. The second-order valence-corrected chi connectivity index (χ2v) is 6.37. The van der Waals surface area contributed by atoms with Crippen molar-refractivity contribution in [1.82, 2.24) is 9.55 Å². The van der Waals surface area contributed by atoms with Crippen LogP contribution in [0.25, 0.3) is 5.69 Å². The largest absolute Gasteiger partial charge is 0.494 e. The van der Waals surface area contributed by atoms with E-state index in [1.165, 1.54) is 6.92 Å². The highest BCUT2D eigenvalue weighted by molar-refractivity contribution is 6.05. The van der Waals surface area contributed by atoms with Crippen molar-refractivity contribution in [2.75, 3.05) is 23.8 Å². The van der Waals surface area contributed by atoms with Crippen LogP contribution in [0.3, 0.4) is 0 Å². The van der Waals surface area contributed by atoms with Gasteiger partial charge in [0.05, 0.1) is 25.1 Å². The number of rotatable bonds is 8. The van der Waals surface area contributed by atoms with Crippen LogP contribution >= 0.6 is 0 Å². The zero-order valence-electron chi connectivity index (χ0n) is 17.1. The highest BCUT2D eigenvalue weighted by atomic mass is 16.5. The van der Waals surface area contributed by atoms with Crippen LogP contribution in [-0.2, 0) is 4.79 Å². The summed E-state index contributed by atoms with van der Waals surface area (Å²) in [5.74, 6) is 1.24. The fourth-order valence-electron chi connectivity index (χ4n) is 2.83. The van der Waals surface area contributed by atoms with Gasteiger partial charge in [0.1, 0.15) is 17.8 Å². The van der Waals surface area contributed by atoms with Gasteiger partial charge in [-0.1, -0.05) is 0 Å². The smallest absolute Gasteiger partial charge is 0.255 e. The van der Waals surface area contributed by atoms with Crippen LogP contribution in [0.2, 0.25) is 0 Å². The van der Waals surface area contributed by atoms with E-state index < -0.39 is 0 Å². The van der Waals surface area contributed by atoms with Gasteiger partial charge in [-0.15, -0.1) is 0 Å². The number of imidazole rings is 1. The molecule has 0 radical (unpaired) electrons. The van der Waals surface area contributed by atoms with Crippen LogP contribution in [0.5, 0.6) is 11.5 Å². The molecule has 0 bridgehead atoms. The summed E-state index contributed by atoms with van der Waals surface area (Å²) in [6.07, 6.45) is 3.29. The standard InChI is InChI=1S/C22H24N4O4/c1-4-29-18-10-11-20(30-5-2)19(12-18)25-22(28)16-6-8-17(9-7-16)26-13-21(23-14-26)24-15(3)27/h6-14H,4-5H2,1-3H3,(H,24,27)(H,25,28). The van der Waals surface area contributed by atoms with Gasteiger partial charge < -0.3 is 24.7 Å². The number of hydrogen-bond acceptors (Lipinski definition) is 5. The zero-order chi connectivity index (χ0) is 21.5. The molecule has 8 nitrogen and oxygen atoms in total. The van der Waals surface area contributed by atoms with E-state index in [0.29, 0.717) is 41.8 Å². The summed E-state index contributed by atoms with van der Waals surface area (Å²) in [6, 6.07) is 12.4. The maximum absolute atomic E-state index is 12.7. The minimum Gasteiger partial charge on any atom is -0.494 e. The summed E-state index contributed by atoms with van der Waals surface area (Å²) in [6.45, 7) is 6.22. The summed E-state index contributed by atoms with van der Waals surface area (Å²) in [4.78, 5) is 28.0. The van der Waals surface area contributed by atoms with E-state index in [2.05, 4.69) is 15.6 Å². The average Bonchev–Trinajstić information content (AvgIpc) is 3.18. The molecule has 0 saturated carbocycles. The van der Waals surface area contributed by atoms with Gasteiger partial charge in [-0.25, -0.2) is 4.98 Å². The Morgan fingerprint density at radius 3 is 2.40 bits per heavy atom. The van der Waals surface area contributed by atoms with Crippen molar-refractivity contribution in [2.45, 2.75) is 20.8 Å². The molecule has 0 saturated heterocycles. The molecule has 0 aliphatic heterocycles. The number of carbonyl (C=O) groups excluding carboxylic acids is 2. The van der Waals surface area contributed by atoms with Crippen LogP contribution in [-0.4, -0.2) is 34.6 Å². The summed E-state index contributed by atoms with van der Waals surface area (Å²) in [5.41, 5.74) is 1.85. The number of benzene rings is 2. The molecular formula is C22H24N4O4. The fraction of sp³-hybridized carbons (Fsp3) is 0.227. The number of carbonyl (C=O) groups is 2. The van der Waals surface area contributed by atoms with Gasteiger partial charge >= 0.3 is 0 Å². The first-order valence-electron chi connectivity index (χ1n) is 9.63. The van der Waals surface area contributed by atoms with Gasteiger partial charge in [0, 0.05) is 24.2 Å². The van der Waals surface area contributed by atoms with Gasteiger partial charge in [0.2, 0.25) is 5.91 Å². The molecule has 0 aliphatic carbocycles. The monoisotopic (exact) mass is 408 g/mol. The second-order valence-electron chi connectivity index (χ2n) is 6.37. The topological polar surface area (TPSA) is 94.5 Å². The highest BCUT2D eigenvalue weighted by Crippen LogP contribution is 2.30. The first-order valence-corrected chi connectivity index (χ1v) is 9.63. The molecule has 0 unspecified atom stereocenters. The molecule has 156 valence electrons. The molecule has 3 rings (SSSR count). The normalized spacial score (nSPS) is 10.4. The van der Waals surface area contributed by atoms with Gasteiger partial charge in [0.15, 0.2) is 5.82 Å². The molecular weight excluding hydrogens is 384 g/mol. The predicted octanol–water partition coefficient (Wildman–Crippen LogP) is 3.88. The number of anilines is 2. The van der Waals surface area contributed by atoms with Gasteiger partial charge in [-0.05, 0) is 50.2 Å². The lowest BCUT2D eigenvalue weighted by Gasteiger charge is -2.14. The molecule has 3 aromatic rings. The van der Waals surface area contributed by atoms with E-state index in [1.807, 2.05) is 13.8 Å². The van der Waals surface area contributed by atoms with E-state index in [-0.39, 0.29) is 11.8 Å². The molecule has 30 heavy (non-hydrogen) atoms. The Hall–Kier alpha value is -3.81. The predicted molar refractivity (Wildman–Crippen MR) is 115 cm³/mol. The Labute approximate surface area is 174 Å². The Balaban J connectivity index is 1.75. The lowest BCUT2D eigenvalue weighted by atomic mass is 10.2. The summed E-state index contributed by atoms with van der Waals surface area (Å²) < 4.78 is 12.9. The summed E-state index contributed by atoms with van der Waals surface area (Å²) >= 11 is 0. The van der Waals surface area contributed by atoms with Crippen molar-refractivity contribution in [2.24, 2.45) is 0 Å². The van der Waals surface area contributed by atoms with Crippen LogP contribution in [0, 0.1) is 0 Å². The maximum Gasteiger partial charge on any atom is 0.255 e. The lowest BCUT2D eigenvalue weighted by Crippen LogP contribution is -2.13. The third-order valence-electron chi connectivity index (χ3n) is 4.12. The second kappa shape index (κ2) is 9.60. The lowest BCUT2D eigenvalue weighted by molar-refractivity contribution is -0.114. The van der Waals surface area contributed by atoms with E-state index in [0.717, 1.165) is 5.69 Å². The van der Waals surface area contributed by atoms with Crippen molar-refractivity contribution >= 4 is 23.3 Å². The number of nitrogens with zero attached hydrogens (tertiary/aromatic N) is 2. The fourth-order valence-corrected chi connectivity index (χ4v) is 2.83. The number of aromatic nitrogens is 2. The van der Waals surface area contributed by atoms with E-state index in [9.17, 15) is 9.59 Å². The first kappa shape index (κ1) is 20.9. The van der Waals surface area contributed by atoms with Crippen LogP contribution in [0.15, 0.2) is 55.0 Å². The number of ether oxygens (including phenoxy) is 2. The minimum absolute atomic E-state index is 0.188. The Kier molecular flexibility index (Phi) is 6.69. The molecule has 2 aromatic carbocycles. The first-order chi connectivity index (χ1) is 14.5. The van der Waals surface area contributed by atoms with Gasteiger partial charge in [-0.3, -0.25) is 9.59 Å². The van der Waals surface area contributed by atoms with Gasteiger partial charge in [0.25, 0.3) is 5.91 Å². The Morgan fingerprint density at radius 1 is 1.00 bits per heavy atom. The third kappa shape index (κ3) is 5.16. The molecule has 1 aromatic heterocycles. The number of hydrogen-bond donors (Lipinski definition) is 2. The van der Waals surface area contributed by atoms with Crippen molar-refractivity contribution in [3.63, 3.8) is 0 Å². The molecule has 2 N–H and O–H groups in total. The van der Waals surface area contributed by atoms with Crippen molar-refractivity contribution in [3.8, 4) is 17.2 Å². The maximum atomic E-state index is 12.7. The third-order valence-corrected chi connectivity index (χ3v) is 4.12. The van der Waals surface area contributed by atoms with Crippen LogP contribution in [0.4, 0.5) is 11.5 Å². The van der Waals surface area contributed by atoms with E-state index in [4.69, 9.17) is 9.47 Å². The molecule has 0 fully saturated rings. The molecule has 1 heterocycles. The van der Waals surface area contributed by atoms with Crippen molar-refractivity contribution < 1.29 is 19.1 Å². The van der Waals surface area contributed by atoms with Crippen LogP contribution in [0.1, 0.15) is 31.1 Å². The molecule has 0 aliphatic rings. The summed E-state index contributed by atoms with van der Waals surface area (Å²) in [5, 5.41) is 5.51. The Bertz CT molecular complexity index is 1030. The van der Waals surface area contributed by atoms with Crippen molar-refractivity contribution in [3.05, 3.63) is 60.6 Å². The molecule has 0 spiro atoms. The number of nitrogens with one attached hydrogen (secondary N) is 2. The SMILES string of the molecule is CCOc1ccc(OCC)c(NC(=O)c2ccc(-n3cnc(NC(C)=O)c3)cc2)c1.